The number of unbranched alkanes of at least 4 members (excludes halogenated alkanes) is 8. The Morgan fingerprint density at radius 3 is 2.26 bits per heavy atom. The van der Waals surface area contributed by atoms with Crippen LogP contribution in [0.2, 0.25) is 0 Å². The topological polar surface area (TPSA) is 69.7 Å². The number of fused-ring (bicyclic) bond motifs is 1. The average molecular weight is 474 g/mol. The summed E-state index contributed by atoms with van der Waals surface area (Å²) in [5, 5.41) is 20.4. The Labute approximate surface area is 208 Å². The van der Waals surface area contributed by atoms with E-state index in [4.69, 9.17) is 9.72 Å². The standard InChI is InChI=1S/C29H35N3OS/c1-3-5-7-9-10-11-13-22-14-16-26-28(19-22)34-29(32-26)23-15-17-27(25(21-31)24(23)20-30)33-18-12-8-6-4-2/h14-17,19H,3-13,18H2,1-2H3. The smallest absolute Gasteiger partial charge is 0.138 e. The van der Waals surface area contributed by atoms with E-state index in [9.17, 15) is 10.5 Å². The highest BCUT2D eigenvalue weighted by atomic mass is 32.1. The van der Waals surface area contributed by atoms with Gasteiger partial charge in [0.05, 0.1) is 22.4 Å². The summed E-state index contributed by atoms with van der Waals surface area (Å²) in [5.41, 5.74) is 3.63. The molecule has 0 spiro atoms. The lowest BCUT2D eigenvalue weighted by Crippen LogP contribution is -2.01. The van der Waals surface area contributed by atoms with Crippen LogP contribution >= 0.6 is 11.3 Å². The van der Waals surface area contributed by atoms with Crippen molar-refractivity contribution in [1.82, 2.24) is 4.98 Å². The second-order valence-electron chi connectivity index (χ2n) is 8.83. The van der Waals surface area contributed by atoms with Crippen molar-refractivity contribution in [3.05, 3.63) is 47.0 Å². The molecule has 0 unspecified atom stereocenters. The van der Waals surface area contributed by atoms with E-state index < -0.39 is 0 Å². The molecular formula is C29H35N3OS. The summed E-state index contributed by atoms with van der Waals surface area (Å²) in [7, 11) is 0. The molecule has 0 aliphatic carbocycles. The van der Waals surface area contributed by atoms with Crippen LogP contribution in [0.5, 0.6) is 5.75 Å². The molecule has 34 heavy (non-hydrogen) atoms. The van der Waals surface area contributed by atoms with Crippen molar-refractivity contribution in [3.63, 3.8) is 0 Å². The quantitative estimate of drug-likeness (QED) is 0.220. The first-order valence-electron chi connectivity index (χ1n) is 12.7. The fraction of sp³-hybridized carbons (Fsp3) is 0.483. The predicted molar refractivity (Wildman–Crippen MR) is 141 cm³/mol. The van der Waals surface area contributed by atoms with Gasteiger partial charge in [0, 0.05) is 5.56 Å². The van der Waals surface area contributed by atoms with Crippen molar-refractivity contribution in [3.8, 4) is 28.5 Å². The molecule has 0 fully saturated rings. The van der Waals surface area contributed by atoms with Gasteiger partial charge in [-0.15, -0.1) is 11.3 Å². The number of ether oxygens (including phenoxy) is 1. The zero-order valence-corrected chi connectivity index (χ0v) is 21.3. The second-order valence-corrected chi connectivity index (χ2v) is 9.86. The first-order chi connectivity index (χ1) is 16.7. The number of thiazole rings is 1. The van der Waals surface area contributed by atoms with Crippen molar-refractivity contribution in [2.75, 3.05) is 6.61 Å². The molecule has 0 radical (unpaired) electrons. The van der Waals surface area contributed by atoms with Gasteiger partial charge in [0.25, 0.3) is 0 Å². The highest BCUT2D eigenvalue weighted by Crippen LogP contribution is 2.36. The van der Waals surface area contributed by atoms with Crippen LogP contribution in [0.4, 0.5) is 0 Å². The Bertz CT molecular complexity index is 1150. The van der Waals surface area contributed by atoms with Gasteiger partial charge in [0.2, 0.25) is 0 Å². The summed E-state index contributed by atoms with van der Waals surface area (Å²) in [6.07, 6.45) is 13.2. The van der Waals surface area contributed by atoms with Gasteiger partial charge in [-0.1, -0.05) is 71.3 Å². The summed E-state index contributed by atoms with van der Waals surface area (Å²) in [4.78, 5) is 4.78. The fourth-order valence-electron chi connectivity index (χ4n) is 4.17. The highest BCUT2D eigenvalue weighted by Gasteiger charge is 2.18. The molecular weight excluding hydrogens is 438 g/mol. The molecule has 1 aromatic heterocycles. The van der Waals surface area contributed by atoms with Crippen LogP contribution < -0.4 is 4.74 Å². The number of nitriles is 2. The van der Waals surface area contributed by atoms with Crippen LogP contribution in [0, 0.1) is 22.7 Å². The maximum atomic E-state index is 9.87. The Morgan fingerprint density at radius 1 is 0.824 bits per heavy atom. The van der Waals surface area contributed by atoms with Crippen LogP contribution in [0.15, 0.2) is 30.3 Å². The molecule has 178 valence electrons. The third-order valence-corrected chi connectivity index (χ3v) is 7.20. The number of rotatable bonds is 14. The van der Waals surface area contributed by atoms with Crippen LogP contribution in [-0.4, -0.2) is 11.6 Å². The van der Waals surface area contributed by atoms with Crippen molar-refractivity contribution in [1.29, 1.82) is 10.5 Å². The van der Waals surface area contributed by atoms with Crippen LogP contribution in [-0.2, 0) is 6.42 Å². The molecule has 1 heterocycles. The molecule has 0 saturated carbocycles. The zero-order chi connectivity index (χ0) is 24.2. The summed E-state index contributed by atoms with van der Waals surface area (Å²) < 4.78 is 6.98. The lowest BCUT2D eigenvalue weighted by molar-refractivity contribution is 0.304. The van der Waals surface area contributed by atoms with E-state index in [-0.39, 0.29) is 0 Å². The summed E-state index contributed by atoms with van der Waals surface area (Å²) in [6, 6.07) is 14.6. The Hall–Kier alpha value is -2.89. The number of aromatic nitrogens is 1. The van der Waals surface area contributed by atoms with Crippen LogP contribution in [0.3, 0.4) is 0 Å². The van der Waals surface area contributed by atoms with E-state index in [1.54, 1.807) is 11.3 Å². The zero-order valence-electron chi connectivity index (χ0n) is 20.5. The maximum Gasteiger partial charge on any atom is 0.138 e. The van der Waals surface area contributed by atoms with Gasteiger partial charge >= 0.3 is 0 Å². The number of hydrogen-bond donors (Lipinski definition) is 0. The normalized spacial score (nSPS) is 10.8. The molecule has 0 bridgehead atoms. The summed E-state index contributed by atoms with van der Waals surface area (Å²) in [6.45, 7) is 4.98. The molecule has 0 N–H and O–H groups in total. The summed E-state index contributed by atoms with van der Waals surface area (Å²) >= 11 is 1.58. The molecule has 0 aliphatic rings. The van der Waals surface area contributed by atoms with E-state index in [1.807, 2.05) is 12.1 Å². The van der Waals surface area contributed by atoms with E-state index in [0.717, 1.165) is 34.5 Å². The van der Waals surface area contributed by atoms with Gasteiger partial charge in [0.1, 0.15) is 28.5 Å². The highest BCUT2D eigenvalue weighted by molar-refractivity contribution is 7.21. The van der Waals surface area contributed by atoms with Crippen molar-refractivity contribution >= 4 is 21.6 Å². The van der Waals surface area contributed by atoms with Crippen LogP contribution in [0.1, 0.15) is 94.7 Å². The van der Waals surface area contributed by atoms with E-state index >= 15 is 0 Å². The van der Waals surface area contributed by atoms with E-state index in [0.29, 0.717) is 29.0 Å². The minimum absolute atomic E-state index is 0.304. The molecule has 0 aliphatic heterocycles. The number of hydrogen-bond acceptors (Lipinski definition) is 5. The minimum Gasteiger partial charge on any atom is -0.492 e. The van der Waals surface area contributed by atoms with Gasteiger partial charge in [-0.25, -0.2) is 4.98 Å². The molecule has 0 saturated heterocycles. The van der Waals surface area contributed by atoms with Crippen LogP contribution in [0.25, 0.3) is 20.8 Å². The van der Waals surface area contributed by atoms with E-state index in [1.165, 1.54) is 56.9 Å². The molecule has 0 atom stereocenters. The Kier molecular flexibility index (Phi) is 10.4. The predicted octanol–water partition coefficient (Wildman–Crippen LogP) is 8.57. The van der Waals surface area contributed by atoms with E-state index in [2.05, 4.69) is 44.2 Å². The largest absolute Gasteiger partial charge is 0.492 e. The molecule has 0 amide bonds. The number of aryl methyl sites for hydroxylation is 1. The SMILES string of the molecule is CCCCCCCCc1ccc2nc(-c3ccc(OCCCCCC)c(C#N)c3C#N)sc2c1. The summed E-state index contributed by atoms with van der Waals surface area (Å²) in [5.74, 6) is 0.488. The molecule has 2 aromatic carbocycles. The van der Waals surface area contributed by atoms with Crippen molar-refractivity contribution < 1.29 is 4.74 Å². The van der Waals surface area contributed by atoms with Gasteiger partial charge in [-0.3, -0.25) is 0 Å². The van der Waals surface area contributed by atoms with Gasteiger partial charge in [-0.05, 0) is 49.1 Å². The Balaban J connectivity index is 1.75. The molecule has 3 rings (SSSR count). The minimum atomic E-state index is 0.304. The molecule has 3 aromatic rings. The van der Waals surface area contributed by atoms with Crippen molar-refractivity contribution in [2.24, 2.45) is 0 Å². The average Bonchev–Trinajstić information content (AvgIpc) is 3.28. The number of nitrogens with zero attached hydrogens (tertiary/aromatic N) is 3. The van der Waals surface area contributed by atoms with Gasteiger partial charge < -0.3 is 4.74 Å². The van der Waals surface area contributed by atoms with Gasteiger partial charge in [-0.2, -0.15) is 10.5 Å². The molecule has 4 nitrogen and oxygen atoms in total. The third-order valence-electron chi connectivity index (χ3n) is 6.15. The lowest BCUT2D eigenvalue weighted by Gasteiger charge is -2.10. The number of benzene rings is 2. The molecule has 5 heteroatoms. The third kappa shape index (κ3) is 6.81. The maximum absolute atomic E-state index is 9.87. The Morgan fingerprint density at radius 2 is 1.53 bits per heavy atom. The lowest BCUT2D eigenvalue weighted by atomic mass is 10.0. The monoisotopic (exact) mass is 473 g/mol. The first kappa shape index (κ1) is 25.7. The second kappa shape index (κ2) is 13.7. The first-order valence-corrected chi connectivity index (χ1v) is 13.5. The van der Waals surface area contributed by atoms with Gasteiger partial charge in [0.15, 0.2) is 0 Å². The fourth-order valence-corrected chi connectivity index (χ4v) is 5.23. The van der Waals surface area contributed by atoms with Crippen molar-refractivity contribution in [2.45, 2.75) is 84.5 Å².